The summed E-state index contributed by atoms with van der Waals surface area (Å²) in [6.07, 6.45) is 2.05. The van der Waals surface area contributed by atoms with Crippen molar-refractivity contribution in [3.05, 3.63) is 34.9 Å². The zero-order chi connectivity index (χ0) is 13.5. The monoisotopic (exact) mass is 287 g/mol. The Morgan fingerprint density at radius 3 is 2.56 bits per heavy atom. The number of nitrogens with one attached hydrogen (secondary N) is 1. The van der Waals surface area contributed by atoms with Crippen LogP contribution in [0.3, 0.4) is 0 Å². The summed E-state index contributed by atoms with van der Waals surface area (Å²) in [5.74, 6) is 0.306. The fourth-order valence-corrected chi connectivity index (χ4v) is 2.51. The molecule has 0 aliphatic carbocycles. The van der Waals surface area contributed by atoms with Crippen molar-refractivity contribution in [2.75, 3.05) is 6.54 Å². The molecule has 0 aromatic heterocycles. The Morgan fingerprint density at radius 1 is 1.33 bits per heavy atom. The van der Waals surface area contributed by atoms with Crippen LogP contribution in [0.15, 0.2) is 24.3 Å². The van der Waals surface area contributed by atoms with Crippen LogP contribution in [0.5, 0.6) is 0 Å². The van der Waals surface area contributed by atoms with Crippen LogP contribution in [0.4, 0.5) is 0 Å². The molecule has 1 aromatic carbocycles. The zero-order valence-corrected chi connectivity index (χ0v) is 12.3. The lowest BCUT2D eigenvalue weighted by molar-refractivity contribution is 0.0951. The molecule has 2 nitrogen and oxygen atoms in total. The highest BCUT2D eigenvalue weighted by Gasteiger charge is 2.16. The molecule has 0 aliphatic rings. The molecule has 18 heavy (non-hydrogen) atoms. The van der Waals surface area contributed by atoms with Crippen molar-refractivity contribution >= 4 is 29.1 Å². The molecule has 1 unspecified atom stereocenters. The smallest absolute Gasteiger partial charge is 0.251 e. The van der Waals surface area contributed by atoms with Crippen LogP contribution < -0.4 is 5.32 Å². The molecule has 4 heteroatoms. The zero-order valence-electron chi connectivity index (χ0n) is 10.7. The van der Waals surface area contributed by atoms with Crippen molar-refractivity contribution in [2.24, 2.45) is 5.92 Å². The van der Waals surface area contributed by atoms with Crippen LogP contribution in [0.1, 0.15) is 37.0 Å². The molecular weight excluding hydrogens is 269 g/mol. The number of halogens is 2. The summed E-state index contributed by atoms with van der Waals surface area (Å²) in [5, 5.41) is 3.38. The molecule has 0 saturated carbocycles. The van der Waals surface area contributed by atoms with E-state index < -0.39 is 0 Å². The minimum absolute atomic E-state index is 0.0249. The van der Waals surface area contributed by atoms with Crippen molar-refractivity contribution in [3.8, 4) is 0 Å². The summed E-state index contributed by atoms with van der Waals surface area (Å²) in [7, 11) is 0. The first-order valence-corrected chi connectivity index (χ1v) is 7.07. The lowest BCUT2D eigenvalue weighted by Gasteiger charge is -2.19. The first-order valence-electron chi connectivity index (χ1n) is 6.26. The van der Waals surface area contributed by atoms with Crippen LogP contribution in [0.25, 0.3) is 0 Å². The maximum absolute atomic E-state index is 11.9. The number of carbonyl (C=O) groups is 1. The van der Waals surface area contributed by atoms with Crippen LogP contribution >= 0.6 is 23.2 Å². The lowest BCUT2D eigenvalue weighted by Crippen LogP contribution is -2.33. The van der Waals surface area contributed by atoms with E-state index in [2.05, 4.69) is 19.2 Å². The van der Waals surface area contributed by atoms with Crippen molar-refractivity contribution in [3.63, 3.8) is 0 Å². The molecule has 1 amide bonds. The van der Waals surface area contributed by atoms with Gasteiger partial charge in [-0.1, -0.05) is 44.4 Å². The Bertz CT molecular complexity index is 391. The highest BCUT2D eigenvalue weighted by molar-refractivity contribution is 6.31. The second kappa shape index (κ2) is 7.65. The van der Waals surface area contributed by atoms with Gasteiger partial charge in [0.2, 0.25) is 0 Å². The minimum Gasteiger partial charge on any atom is -0.351 e. The molecule has 0 heterocycles. The SMILES string of the molecule is CCC(CC)C(Cl)CNC(=O)c1cccc(Cl)c1. The van der Waals surface area contributed by atoms with Gasteiger partial charge in [0.1, 0.15) is 0 Å². The number of hydrogen-bond acceptors (Lipinski definition) is 1. The Kier molecular flexibility index (Phi) is 6.51. The molecule has 0 aliphatic heterocycles. The summed E-state index contributed by atoms with van der Waals surface area (Å²) in [5.41, 5.74) is 0.566. The second-order valence-electron chi connectivity index (χ2n) is 4.31. The average molecular weight is 288 g/mol. The fourth-order valence-electron chi connectivity index (χ4n) is 1.89. The lowest BCUT2D eigenvalue weighted by atomic mass is 9.99. The van der Waals surface area contributed by atoms with E-state index in [4.69, 9.17) is 23.2 Å². The van der Waals surface area contributed by atoms with E-state index in [9.17, 15) is 4.79 Å². The van der Waals surface area contributed by atoms with E-state index >= 15 is 0 Å². The summed E-state index contributed by atoms with van der Waals surface area (Å²) >= 11 is 12.1. The van der Waals surface area contributed by atoms with Gasteiger partial charge in [0.25, 0.3) is 5.91 Å². The molecule has 1 rings (SSSR count). The normalized spacial score (nSPS) is 12.5. The number of amides is 1. The van der Waals surface area contributed by atoms with E-state index in [0.717, 1.165) is 12.8 Å². The molecule has 0 spiro atoms. The Labute approximate surface area is 119 Å². The van der Waals surface area contributed by atoms with Gasteiger partial charge in [-0.25, -0.2) is 0 Å². The van der Waals surface area contributed by atoms with E-state index in [0.29, 0.717) is 23.0 Å². The van der Waals surface area contributed by atoms with Crippen LogP contribution in [-0.2, 0) is 0 Å². The number of benzene rings is 1. The molecule has 0 fully saturated rings. The molecule has 1 aromatic rings. The van der Waals surface area contributed by atoms with Gasteiger partial charge in [-0.3, -0.25) is 4.79 Å². The number of carbonyl (C=O) groups excluding carboxylic acids is 1. The molecule has 1 N–H and O–H groups in total. The number of alkyl halides is 1. The molecule has 0 bridgehead atoms. The van der Waals surface area contributed by atoms with Gasteiger partial charge < -0.3 is 5.32 Å². The van der Waals surface area contributed by atoms with Crippen LogP contribution in [0.2, 0.25) is 5.02 Å². The summed E-state index contributed by atoms with van der Waals surface area (Å²) < 4.78 is 0. The Morgan fingerprint density at radius 2 is 2.00 bits per heavy atom. The fraction of sp³-hybridized carbons (Fsp3) is 0.500. The predicted molar refractivity (Wildman–Crippen MR) is 77.5 cm³/mol. The molecular formula is C14H19Cl2NO. The van der Waals surface area contributed by atoms with Crippen molar-refractivity contribution < 1.29 is 4.79 Å². The Balaban J connectivity index is 2.51. The first kappa shape index (κ1) is 15.3. The van der Waals surface area contributed by atoms with E-state index in [-0.39, 0.29) is 11.3 Å². The standard InChI is InChI=1S/C14H19Cl2NO/c1-3-10(4-2)13(16)9-17-14(18)11-6-5-7-12(15)8-11/h5-8,10,13H,3-4,9H2,1-2H3,(H,17,18). The maximum atomic E-state index is 11.9. The molecule has 1 atom stereocenters. The summed E-state index contributed by atoms with van der Waals surface area (Å²) in [6, 6.07) is 6.89. The van der Waals surface area contributed by atoms with Crippen molar-refractivity contribution in [2.45, 2.75) is 32.1 Å². The van der Waals surface area contributed by atoms with Crippen molar-refractivity contribution in [1.82, 2.24) is 5.32 Å². The number of rotatable bonds is 6. The molecule has 0 saturated heterocycles. The third-order valence-electron chi connectivity index (χ3n) is 3.10. The van der Waals surface area contributed by atoms with E-state index in [1.807, 2.05) is 0 Å². The molecule has 0 radical (unpaired) electrons. The maximum Gasteiger partial charge on any atom is 0.251 e. The van der Waals surface area contributed by atoms with Gasteiger partial charge in [0, 0.05) is 17.1 Å². The van der Waals surface area contributed by atoms with E-state index in [1.54, 1.807) is 24.3 Å². The van der Waals surface area contributed by atoms with E-state index in [1.165, 1.54) is 0 Å². The third-order valence-corrected chi connectivity index (χ3v) is 3.85. The molecule has 100 valence electrons. The highest BCUT2D eigenvalue weighted by atomic mass is 35.5. The average Bonchev–Trinajstić information content (AvgIpc) is 2.37. The van der Waals surface area contributed by atoms with Crippen molar-refractivity contribution in [1.29, 1.82) is 0 Å². The Hall–Kier alpha value is -0.730. The minimum atomic E-state index is -0.130. The summed E-state index contributed by atoms with van der Waals surface area (Å²) in [6.45, 7) is 4.71. The van der Waals surface area contributed by atoms with Gasteiger partial charge in [-0.2, -0.15) is 0 Å². The van der Waals surface area contributed by atoms with Crippen LogP contribution in [-0.4, -0.2) is 17.8 Å². The van der Waals surface area contributed by atoms with Gasteiger partial charge in [0.05, 0.1) is 5.38 Å². The largest absolute Gasteiger partial charge is 0.351 e. The quantitative estimate of drug-likeness (QED) is 0.784. The third kappa shape index (κ3) is 4.51. The topological polar surface area (TPSA) is 29.1 Å². The number of hydrogen-bond donors (Lipinski definition) is 1. The predicted octanol–water partition coefficient (Wildman–Crippen LogP) is 4.11. The first-order chi connectivity index (χ1) is 8.58. The highest BCUT2D eigenvalue weighted by Crippen LogP contribution is 2.18. The van der Waals surface area contributed by atoms with Crippen LogP contribution in [0, 0.1) is 5.92 Å². The van der Waals surface area contributed by atoms with Gasteiger partial charge in [-0.15, -0.1) is 11.6 Å². The van der Waals surface area contributed by atoms with Gasteiger partial charge in [-0.05, 0) is 24.1 Å². The van der Waals surface area contributed by atoms with Gasteiger partial charge in [0.15, 0.2) is 0 Å². The summed E-state index contributed by atoms with van der Waals surface area (Å²) in [4.78, 5) is 11.9. The second-order valence-corrected chi connectivity index (χ2v) is 5.31. The van der Waals surface area contributed by atoms with Gasteiger partial charge >= 0.3 is 0 Å².